The molecule has 0 fully saturated rings. The van der Waals surface area contributed by atoms with E-state index in [4.69, 9.17) is 16.3 Å². The summed E-state index contributed by atoms with van der Waals surface area (Å²) in [5, 5.41) is 3.21. The number of nitrogens with one attached hydrogen (secondary N) is 1. The van der Waals surface area contributed by atoms with Crippen molar-refractivity contribution >= 4 is 39.2 Å². The van der Waals surface area contributed by atoms with Gasteiger partial charge in [-0.1, -0.05) is 22.9 Å². The molecule has 1 heterocycles. The van der Waals surface area contributed by atoms with Crippen LogP contribution < -0.4 is 10.1 Å². The first-order valence-corrected chi connectivity index (χ1v) is 7.33. The van der Waals surface area contributed by atoms with Crippen LogP contribution in [0, 0.1) is 6.92 Å². The molecule has 0 aliphatic carbocycles. The summed E-state index contributed by atoms with van der Waals surface area (Å²) in [7, 11) is 0. The quantitative estimate of drug-likeness (QED) is 0.872. The Balaban J connectivity index is 2.21. The number of halogens is 2. The van der Waals surface area contributed by atoms with Crippen LogP contribution in [0.4, 0.5) is 11.6 Å². The molecule has 0 radical (unpaired) electrons. The predicted octanol–water partition coefficient (Wildman–Crippen LogP) is 4.13. The van der Waals surface area contributed by atoms with Gasteiger partial charge >= 0.3 is 6.01 Å². The van der Waals surface area contributed by atoms with E-state index in [0.29, 0.717) is 12.6 Å². The number of ether oxygens (including phenoxy) is 1. The molecule has 0 bridgehead atoms. The lowest BCUT2D eigenvalue weighted by Gasteiger charge is -2.09. The fourth-order valence-electron chi connectivity index (χ4n) is 1.53. The summed E-state index contributed by atoms with van der Waals surface area (Å²) in [6, 6.07) is 6.10. The standard InChI is InChI=1S/C13H14BrClN4O/c1-3-6-20-13-18-11(15)17-12(19-13)16-10-5-4-9(14)7-8(10)2/h4-5,7H,3,6H2,1-2H3,(H,16,17,18,19). The van der Waals surface area contributed by atoms with Crippen LogP contribution in [0.5, 0.6) is 6.01 Å². The minimum Gasteiger partial charge on any atom is -0.463 e. The molecule has 1 aromatic carbocycles. The first kappa shape index (κ1) is 15.0. The highest BCUT2D eigenvalue weighted by molar-refractivity contribution is 9.10. The Hall–Kier alpha value is -1.40. The van der Waals surface area contributed by atoms with Gasteiger partial charge < -0.3 is 10.1 Å². The molecule has 0 aliphatic rings. The second kappa shape index (κ2) is 6.85. The Morgan fingerprint density at radius 2 is 2.10 bits per heavy atom. The van der Waals surface area contributed by atoms with E-state index in [9.17, 15) is 0 Å². The van der Waals surface area contributed by atoms with Crippen molar-refractivity contribution in [1.82, 2.24) is 15.0 Å². The van der Waals surface area contributed by atoms with Gasteiger partial charge in [0.05, 0.1) is 6.61 Å². The van der Waals surface area contributed by atoms with E-state index in [1.165, 1.54) is 0 Å². The van der Waals surface area contributed by atoms with Gasteiger partial charge in [0.2, 0.25) is 11.2 Å². The summed E-state index contributed by atoms with van der Waals surface area (Å²) in [5.74, 6) is 0.363. The molecule has 0 aliphatic heterocycles. The average molecular weight is 358 g/mol. The van der Waals surface area contributed by atoms with Crippen molar-refractivity contribution in [3.63, 3.8) is 0 Å². The second-order valence-electron chi connectivity index (χ2n) is 4.14. The van der Waals surface area contributed by atoms with Crippen molar-refractivity contribution in [3.8, 4) is 6.01 Å². The highest BCUT2D eigenvalue weighted by Crippen LogP contribution is 2.23. The van der Waals surface area contributed by atoms with E-state index in [-0.39, 0.29) is 11.3 Å². The van der Waals surface area contributed by atoms with Gasteiger partial charge in [-0.25, -0.2) is 0 Å². The third-order valence-electron chi connectivity index (χ3n) is 2.46. The van der Waals surface area contributed by atoms with E-state index in [0.717, 1.165) is 22.1 Å². The molecule has 2 aromatic rings. The smallest absolute Gasteiger partial charge is 0.322 e. The molecule has 1 aromatic heterocycles. The molecule has 0 spiro atoms. The zero-order valence-electron chi connectivity index (χ0n) is 11.2. The van der Waals surface area contributed by atoms with Crippen LogP contribution in [0.3, 0.4) is 0 Å². The van der Waals surface area contributed by atoms with Crippen LogP contribution in [0.25, 0.3) is 0 Å². The fourth-order valence-corrected chi connectivity index (χ4v) is 2.16. The predicted molar refractivity (Wildman–Crippen MR) is 82.8 cm³/mol. The van der Waals surface area contributed by atoms with Gasteiger partial charge in [0.15, 0.2) is 0 Å². The topological polar surface area (TPSA) is 59.9 Å². The van der Waals surface area contributed by atoms with Gasteiger partial charge in [0.25, 0.3) is 0 Å². The Bertz CT molecular complexity index is 609. The number of rotatable bonds is 5. The monoisotopic (exact) mass is 356 g/mol. The first-order chi connectivity index (χ1) is 9.58. The van der Waals surface area contributed by atoms with E-state index in [1.807, 2.05) is 32.0 Å². The van der Waals surface area contributed by atoms with Crippen LogP contribution in [-0.2, 0) is 0 Å². The average Bonchev–Trinajstić information content (AvgIpc) is 2.39. The minimum absolute atomic E-state index is 0.100. The lowest BCUT2D eigenvalue weighted by Crippen LogP contribution is -2.05. The number of benzene rings is 1. The fraction of sp³-hybridized carbons (Fsp3) is 0.308. The normalized spacial score (nSPS) is 10.4. The molecule has 106 valence electrons. The highest BCUT2D eigenvalue weighted by Gasteiger charge is 2.07. The SMILES string of the molecule is CCCOc1nc(Cl)nc(Nc2ccc(Br)cc2C)n1. The van der Waals surface area contributed by atoms with Gasteiger partial charge in [-0.15, -0.1) is 0 Å². The van der Waals surface area contributed by atoms with Crippen LogP contribution in [0.2, 0.25) is 5.28 Å². The molecular weight excluding hydrogens is 344 g/mol. The summed E-state index contributed by atoms with van der Waals surface area (Å²) < 4.78 is 6.38. The Morgan fingerprint density at radius 3 is 2.80 bits per heavy atom. The maximum absolute atomic E-state index is 5.87. The Kier molecular flexibility index (Phi) is 5.14. The molecule has 0 saturated carbocycles. The van der Waals surface area contributed by atoms with Crippen molar-refractivity contribution in [2.45, 2.75) is 20.3 Å². The van der Waals surface area contributed by atoms with Crippen molar-refractivity contribution < 1.29 is 4.74 Å². The van der Waals surface area contributed by atoms with Crippen molar-refractivity contribution in [3.05, 3.63) is 33.5 Å². The summed E-state index contributed by atoms with van der Waals surface area (Å²) in [5.41, 5.74) is 1.96. The largest absolute Gasteiger partial charge is 0.463 e. The number of hydrogen-bond donors (Lipinski definition) is 1. The maximum atomic E-state index is 5.87. The molecule has 5 nitrogen and oxygen atoms in total. The van der Waals surface area contributed by atoms with Gasteiger partial charge in [-0.2, -0.15) is 15.0 Å². The van der Waals surface area contributed by atoms with Crippen molar-refractivity contribution in [1.29, 1.82) is 0 Å². The summed E-state index contributed by atoms with van der Waals surface area (Å²) in [4.78, 5) is 12.1. The van der Waals surface area contributed by atoms with Crippen LogP contribution in [0.1, 0.15) is 18.9 Å². The lowest BCUT2D eigenvalue weighted by atomic mass is 10.2. The molecule has 0 atom stereocenters. The van der Waals surface area contributed by atoms with Crippen molar-refractivity contribution in [2.75, 3.05) is 11.9 Å². The molecule has 7 heteroatoms. The van der Waals surface area contributed by atoms with E-state index < -0.39 is 0 Å². The van der Waals surface area contributed by atoms with Gasteiger partial charge in [-0.3, -0.25) is 0 Å². The summed E-state index contributed by atoms with van der Waals surface area (Å²) in [6.45, 7) is 4.54. The zero-order chi connectivity index (χ0) is 14.5. The Labute approximate surface area is 130 Å². The number of anilines is 2. The van der Waals surface area contributed by atoms with Crippen LogP contribution >= 0.6 is 27.5 Å². The second-order valence-corrected chi connectivity index (χ2v) is 5.40. The Morgan fingerprint density at radius 1 is 1.30 bits per heavy atom. The summed E-state index contributed by atoms with van der Waals surface area (Å²) >= 11 is 9.29. The number of hydrogen-bond acceptors (Lipinski definition) is 5. The van der Waals surface area contributed by atoms with Crippen LogP contribution in [-0.4, -0.2) is 21.6 Å². The van der Waals surface area contributed by atoms with Gasteiger partial charge in [0.1, 0.15) is 0 Å². The summed E-state index contributed by atoms with van der Waals surface area (Å²) in [6.07, 6.45) is 0.873. The number of aryl methyl sites for hydroxylation is 1. The zero-order valence-corrected chi connectivity index (χ0v) is 13.5. The molecule has 0 amide bonds. The van der Waals surface area contributed by atoms with Crippen LogP contribution in [0.15, 0.2) is 22.7 Å². The molecule has 1 N–H and O–H groups in total. The van der Waals surface area contributed by atoms with E-state index in [2.05, 4.69) is 36.2 Å². The molecule has 0 unspecified atom stereocenters. The number of nitrogens with zero attached hydrogens (tertiary/aromatic N) is 3. The van der Waals surface area contributed by atoms with Gasteiger partial charge in [0, 0.05) is 10.2 Å². The molecule has 20 heavy (non-hydrogen) atoms. The number of aromatic nitrogens is 3. The third kappa shape index (κ3) is 4.05. The highest BCUT2D eigenvalue weighted by atomic mass is 79.9. The van der Waals surface area contributed by atoms with E-state index >= 15 is 0 Å². The van der Waals surface area contributed by atoms with Gasteiger partial charge in [-0.05, 0) is 48.7 Å². The first-order valence-electron chi connectivity index (χ1n) is 6.16. The van der Waals surface area contributed by atoms with Crippen molar-refractivity contribution in [2.24, 2.45) is 0 Å². The molecular formula is C13H14BrClN4O. The third-order valence-corrected chi connectivity index (χ3v) is 3.12. The minimum atomic E-state index is 0.100. The van der Waals surface area contributed by atoms with E-state index in [1.54, 1.807) is 0 Å². The maximum Gasteiger partial charge on any atom is 0.322 e. The lowest BCUT2D eigenvalue weighted by molar-refractivity contribution is 0.292. The molecule has 2 rings (SSSR count). The molecule has 0 saturated heterocycles.